The molecule has 0 amide bonds. The van der Waals surface area contributed by atoms with Crippen molar-refractivity contribution in [3.05, 3.63) is 0 Å². The second-order valence-corrected chi connectivity index (χ2v) is 4.62. The van der Waals surface area contributed by atoms with Crippen LogP contribution in [0.15, 0.2) is 0 Å². The van der Waals surface area contributed by atoms with E-state index in [1.54, 1.807) is 0 Å². The van der Waals surface area contributed by atoms with Gasteiger partial charge in [-0.25, -0.2) is 0 Å². The molecular weight excluding hydrogens is 224 g/mol. The molecule has 15 heavy (non-hydrogen) atoms. The monoisotopic (exact) mass is 235 g/mol. The standard InChI is InChI=1S/C8H11F6N/c1-5(2)3-6(5,15)4(7(9,10)11)8(12,13)14/h4H,3,15H2,1-2H3. The maximum Gasteiger partial charge on any atom is 0.402 e. The molecule has 1 atom stereocenters. The molecule has 1 fully saturated rings. The summed E-state index contributed by atoms with van der Waals surface area (Å²) in [5.41, 5.74) is 1.86. The molecule has 1 aliphatic rings. The highest BCUT2D eigenvalue weighted by Crippen LogP contribution is 2.64. The summed E-state index contributed by atoms with van der Waals surface area (Å²) in [5, 5.41) is 0. The quantitative estimate of drug-likeness (QED) is 0.695. The predicted molar refractivity (Wildman–Crippen MR) is 40.9 cm³/mol. The van der Waals surface area contributed by atoms with Crippen molar-refractivity contribution in [2.75, 3.05) is 0 Å². The lowest BCUT2D eigenvalue weighted by Gasteiger charge is -2.30. The molecule has 1 nitrogen and oxygen atoms in total. The van der Waals surface area contributed by atoms with Crippen molar-refractivity contribution in [2.24, 2.45) is 17.1 Å². The highest BCUT2D eigenvalue weighted by molar-refractivity contribution is 5.20. The van der Waals surface area contributed by atoms with Crippen LogP contribution in [-0.4, -0.2) is 17.9 Å². The Labute approximate surface area is 82.6 Å². The number of hydrogen-bond donors (Lipinski definition) is 1. The predicted octanol–water partition coefficient (Wildman–Crippen LogP) is 2.85. The Morgan fingerprint density at radius 1 is 1.00 bits per heavy atom. The molecule has 0 spiro atoms. The molecule has 0 radical (unpaired) electrons. The van der Waals surface area contributed by atoms with Crippen LogP contribution in [0.1, 0.15) is 20.3 Å². The van der Waals surface area contributed by atoms with Crippen molar-refractivity contribution in [2.45, 2.75) is 38.2 Å². The Balaban J connectivity index is 3.06. The summed E-state index contributed by atoms with van der Waals surface area (Å²) in [6.07, 6.45) is -11.0. The molecule has 1 rings (SSSR count). The summed E-state index contributed by atoms with van der Waals surface area (Å²) in [4.78, 5) is 0. The molecule has 0 aromatic rings. The van der Waals surface area contributed by atoms with Crippen LogP contribution in [0.3, 0.4) is 0 Å². The molecule has 0 aromatic carbocycles. The van der Waals surface area contributed by atoms with Gasteiger partial charge in [0.15, 0.2) is 5.92 Å². The topological polar surface area (TPSA) is 26.0 Å². The van der Waals surface area contributed by atoms with Crippen molar-refractivity contribution in [3.63, 3.8) is 0 Å². The van der Waals surface area contributed by atoms with Crippen LogP contribution in [0.5, 0.6) is 0 Å². The van der Waals surface area contributed by atoms with Gasteiger partial charge < -0.3 is 5.73 Å². The van der Waals surface area contributed by atoms with Crippen molar-refractivity contribution >= 4 is 0 Å². The zero-order chi connectivity index (χ0) is 12.3. The minimum atomic E-state index is -5.35. The third kappa shape index (κ3) is 1.93. The first-order chi connectivity index (χ1) is 6.32. The Bertz CT molecular complexity index is 251. The van der Waals surface area contributed by atoms with Gasteiger partial charge in [-0.1, -0.05) is 13.8 Å². The summed E-state index contributed by atoms with van der Waals surface area (Å²) < 4.78 is 73.8. The second-order valence-electron chi connectivity index (χ2n) is 4.62. The molecule has 0 aliphatic heterocycles. The summed E-state index contributed by atoms with van der Waals surface area (Å²) in [7, 11) is 0. The van der Waals surface area contributed by atoms with Crippen molar-refractivity contribution in [1.29, 1.82) is 0 Å². The fourth-order valence-electron chi connectivity index (χ4n) is 1.95. The summed E-state index contributed by atoms with van der Waals surface area (Å²) in [5.74, 6) is -3.44. The Morgan fingerprint density at radius 2 is 1.27 bits per heavy atom. The van der Waals surface area contributed by atoms with E-state index in [2.05, 4.69) is 0 Å². The number of nitrogens with two attached hydrogens (primary N) is 1. The van der Waals surface area contributed by atoms with Crippen LogP contribution < -0.4 is 5.73 Å². The maximum absolute atomic E-state index is 12.3. The average molecular weight is 235 g/mol. The molecule has 0 saturated heterocycles. The fourth-order valence-corrected chi connectivity index (χ4v) is 1.95. The van der Waals surface area contributed by atoms with Crippen molar-refractivity contribution in [3.8, 4) is 0 Å². The highest BCUT2D eigenvalue weighted by Gasteiger charge is 2.76. The van der Waals surface area contributed by atoms with E-state index in [0.717, 1.165) is 0 Å². The summed E-state index contributed by atoms with van der Waals surface area (Å²) in [6, 6.07) is 0. The van der Waals surface area contributed by atoms with Crippen LogP contribution in [-0.2, 0) is 0 Å². The van der Waals surface area contributed by atoms with E-state index in [4.69, 9.17) is 5.73 Å². The number of alkyl halides is 6. The number of rotatable bonds is 1. The molecule has 1 aliphatic carbocycles. The summed E-state index contributed by atoms with van der Waals surface area (Å²) >= 11 is 0. The second kappa shape index (κ2) is 2.81. The van der Waals surface area contributed by atoms with Gasteiger partial charge in [-0.05, 0) is 11.8 Å². The van der Waals surface area contributed by atoms with E-state index in [1.165, 1.54) is 13.8 Å². The van der Waals surface area contributed by atoms with Gasteiger partial charge in [0, 0.05) is 5.54 Å². The first-order valence-electron chi connectivity index (χ1n) is 4.25. The van der Waals surface area contributed by atoms with E-state index < -0.39 is 29.2 Å². The minimum Gasteiger partial charge on any atom is -0.324 e. The zero-order valence-electron chi connectivity index (χ0n) is 8.13. The third-order valence-electron chi connectivity index (χ3n) is 3.04. The van der Waals surface area contributed by atoms with Crippen LogP contribution in [0.2, 0.25) is 0 Å². The molecule has 1 saturated carbocycles. The molecule has 1 unspecified atom stereocenters. The fraction of sp³-hybridized carbons (Fsp3) is 1.00. The van der Waals surface area contributed by atoms with E-state index in [9.17, 15) is 26.3 Å². The lowest BCUT2D eigenvalue weighted by atomic mass is 9.90. The lowest BCUT2D eigenvalue weighted by molar-refractivity contribution is -0.295. The van der Waals surface area contributed by atoms with E-state index in [0.29, 0.717) is 0 Å². The number of hydrogen-bond acceptors (Lipinski definition) is 1. The average Bonchev–Trinajstić information content (AvgIpc) is 2.19. The molecule has 90 valence electrons. The van der Waals surface area contributed by atoms with E-state index in [1.807, 2.05) is 0 Å². The molecule has 7 heteroatoms. The van der Waals surface area contributed by atoms with Crippen LogP contribution in [0.4, 0.5) is 26.3 Å². The Morgan fingerprint density at radius 3 is 1.33 bits per heavy atom. The van der Waals surface area contributed by atoms with Gasteiger partial charge in [0.2, 0.25) is 0 Å². The SMILES string of the molecule is CC1(C)CC1(N)C(C(F)(F)F)C(F)(F)F. The summed E-state index contributed by atoms with van der Waals surface area (Å²) in [6.45, 7) is 2.61. The van der Waals surface area contributed by atoms with Crippen molar-refractivity contribution < 1.29 is 26.3 Å². The number of halogens is 6. The van der Waals surface area contributed by atoms with E-state index >= 15 is 0 Å². The maximum atomic E-state index is 12.3. The molecule has 0 aromatic heterocycles. The molecular formula is C8H11F6N. The Kier molecular flexibility index (Phi) is 2.36. The third-order valence-corrected chi connectivity index (χ3v) is 3.04. The van der Waals surface area contributed by atoms with Gasteiger partial charge in [-0.15, -0.1) is 0 Å². The van der Waals surface area contributed by atoms with Gasteiger partial charge in [0.25, 0.3) is 0 Å². The van der Waals surface area contributed by atoms with Crippen LogP contribution >= 0.6 is 0 Å². The van der Waals surface area contributed by atoms with Gasteiger partial charge in [-0.2, -0.15) is 26.3 Å². The molecule has 2 N–H and O–H groups in total. The zero-order valence-corrected chi connectivity index (χ0v) is 8.13. The molecule has 0 bridgehead atoms. The van der Waals surface area contributed by atoms with Gasteiger partial charge >= 0.3 is 12.4 Å². The minimum absolute atomic E-state index is 0.274. The first-order valence-corrected chi connectivity index (χ1v) is 4.25. The van der Waals surface area contributed by atoms with Crippen LogP contribution in [0.25, 0.3) is 0 Å². The first kappa shape index (κ1) is 12.6. The van der Waals surface area contributed by atoms with Crippen molar-refractivity contribution in [1.82, 2.24) is 0 Å². The van der Waals surface area contributed by atoms with Gasteiger partial charge in [0.1, 0.15) is 0 Å². The van der Waals surface area contributed by atoms with Gasteiger partial charge in [-0.3, -0.25) is 0 Å². The largest absolute Gasteiger partial charge is 0.402 e. The van der Waals surface area contributed by atoms with Crippen LogP contribution in [0, 0.1) is 11.3 Å². The Hall–Kier alpha value is -0.460. The normalized spacial score (nSPS) is 30.8. The molecule has 0 heterocycles. The van der Waals surface area contributed by atoms with E-state index in [-0.39, 0.29) is 6.42 Å². The highest BCUT2D eigenvalue weighted by atomic mass is 19.4. The lowest BCUT2D eigenvalue weighted by Crippen LogP contribution is -2.53. The smallest absolute Gasteiger partial charge is 0.324 e. The van der Waals surface area contributed by atoms with Gasteiger partial charge in [0.05, 0.1) is 0 Å².